The SMILES string of the molecule is COc1cc(NCc2c(C)oc3ccccc23)ccc1F. The van der Waals surface area contributed by atoms with Gasteiger partial charge < -0.3 is 14.5 Å². The summed E-state index contributed by atoms with van der Waals surface area (Å²) in [6.45, 7) is 2.56. The van der Waals surface area contributed by atoms with Gasteiger partial charge in [0.15, 0.2) is 11.6 Å². The van der Waals surface area contributed by atoms with E-state index >= 15 is 0 Å². The number of anilines is 1. The topological polar surface area (TPSA) is 34.4 Å². The van der Waals surface area contributed by atoms with Crippen LogP contribution in [0.3, 0.4) is 0 Å². The minimum absolute atomic E-state index is 0.230. The number of hydrogen-bond acceptors (Lipinski definition) is 3. The lowest BCUT2D eigenvalue weighted by atomic mass is 10.1. The Morgan fingerprint density at radius 3 is 2.81 bits per heavy atom. The first-order valence-corrected chi connectivity index (χ1v) is 6.73. The quantitative estimate of drug-likeness (QED) is 0.766. The Hall–Kier alpha value is -2.49. The van der Waals surface area contributed by atoms with Gasteiger partial charge in [-0.3, -0.25) is 0 Å². The molecule has 0 bridgehead atoms. The summed E-state index contributed by atoms with van der Waals surface area (Å²) in [5, 5.41) is 4.37. The molecule has 4 heteroatoms. The van der Waals surface area contributed by atoms with Crippen molar-refractivity contribution >= 4 is 16.7 Å². The molecule has 3 aromatic rings. The average Bonchev–Trinajstić information content (AvgIpc) is 2.82. The zero-order valence-electron chi connectivity index (χ0n) is 11.9. The van der Waals surface area contributed by atoms with Crippen LogP contribution in [-0.2, 0) is 6.54 Å². The van der Waals surface area contributed by atoms with Gasteiger partial charge in [0.25, 0.3) is 0 Å². The third-order valence-electron chi connectivity index (χ3n) is 3.52. The molecule has 0 fully saturated rings. The molecule has 1 heterocycles. The van der Waals surface area contributed by atoms with Crippen LogP contribution in [0.4, 0.5) is 10.1 Å². The maximum absolute atomic E-state index is 13.4. The Morgan fingerprint density at radius 2 is 2.00 bits per heavy atom. The molecule has 0 saturated heterocycles. The fourth-order valence-electron chi connectivity index (χ4n) is 2.40. The summed E-state index contributed by atoms with van der Waals surface area (Å²) in [5.74, 6) is 0.750. The lowest BCUT2D eigenvalue weighted by molar-refractivity contribution is 0.387. The van der Waals surface area contributed by atoms with E-state index in [4.69, 9.17) is 9.15 Å². The van der Waals surface area contributed by atoms with Gasteiger partial charge >= 0.3 is 0 Å². The third-order valence-corrected chi connectivity index (χ3v) is 3.52. The van der Waals surface area contributed by atoms with Crippen molar-refractivity contribution in [3.63, 3.8) is 0 Å². The lowest BCUT2D eigenvalue weighted by Gasteiger charge is -2.08. The smallest absolute Gasteiger partial charge is 0.165 e. The summed E-state index contributed by atoms with van der Waals surface area (Å²) in [5.41, 5.74) is 2.79. The monoisotopic (exact) mass is 285 g/mol. The highest BCUT2D eigenvalue weighted by molar-refractivity contribution is 5.82. The molecule has 21 heavy (non-hydrogen) atoms. The third kappa shape index (κ3) is 2.57. The number of furan rings is 1. The van der Waals surface area contributed by atoms with Gasteiger partial charge in [0.05, 0.1) is 7.11 Å². The molecule has 0 aliphatic carbocycles. The minimum atomic E-state index is -0.368. The molecule has 0 spiro atoms. The van der Waals surface area contributed by atoms with Crippen molar-refractivity contribution in [2.75, 3.05) is 12.4 Å². The number of halogens is 1. The Balaban J connectivity index is 1.85. The van der Waals surface area contributed by atoms with Crippen molar-refractivity contribution in [3.05, 3.63) is 59.6 Å². The van der Waals surface area contributed by atoms with Gasteiger partial charge in [-0.05, 0) is 25.1 Å². The Kier molecular flexibility index (Phi) is 3.52. The largest absolute Gasteiger partial charge is 0.494 e. The molecule has 0 radical (unpaired) electrons. The summed E-state index contributed by atoms with van der Waals surface area (Å²) in [7, 11) is 1.45. The highest BCUT2D eigenvalue weighted by atomic mass is 19.1. The molecular formula is C17H16FNO2. The van der Waals surface area contributed by atoms with E-state index in [1.54, 1.807) is 12.1 Å². The fourth-order valence-corrected chi connectivity index (χ4v) is 2.40. The Labute approximate surface area is 122 Å². The van der Waals surface area contributed by atoms with Gasteiger partial charge in [-0.2, -0.15) is 0 Å². The standard InChI is InChI=1S/C17H16FNO2/c1-11-14(13-5-3-4-6-16(13)21-11)10-19-12-7-8-15(18)17(9-12)20-2/h3-9,19H,10H2,1-2H3. The first-order chi connectivity index (χ1) is 10.2. The number of methoxy groups -OCH3 is 1. The molecule has 0 unspecified atom stereocenters. The summed E-state index contributed by atoms with van der Waals surface area (Å²) >= 11 is 0. The van der Waals surface area contributed by atoms with Gasteiger partial charge in [0, 0.05) is 29.2 Å². The molecular weight excluding hydrogens is 269 g/mol. The number of para-hydroxylation sites is 1. The number of fused-ring (bicyclic) bond motifs is 1. The van der Waals surface area contributed by atoms with Gasteiger partial charge in [-0.25, -0.2) is 4.39 Å². The maximum atomic E-state index is 13.4. The minimum Gasteiger partial charge on any atom is -0.494 e. The van der Waals surface area contributed by atoms with E-state index in [0.717, 1.165) is 28.0 Å². The summed E-state index contributed by atoms with van der Waals surface area (Å²) in [6, 6.07) is 12.7. The molecule has 3 rings (SSSR count). The van der Waals surface area contributed by atoms with Crippen molar-refractivity contribution in [3.8, 4) is 5.75 Å². The van der Waals surface area contributed by atoms with Gasteiger partial charge in [0.2, 0.25) is 0 Å². The molecule has 0 aliphatic rings. The second-order valence-electron chi connectivity index (χ2n) is 4.84. The maximum Gasteiger partial charge on any atom is 0.165 e. The number of hydrogen-bond donors (Lipinski definition) is 1. The Morgan fingerprint density at radius 1 is 1.19 bits per heavy atom. The van der Waals surface area contributed by atoms with Crippen molar-refractivity contribution in [1.82, 2.24) is 0 Å². The van der Waals surface area contributed by atoms with E-state index in [-0.39, 0.29) is 11.6 Å². The van der Waals surface area contributed by atoms with E-state index in [0.29, 0.717) is 6.54 Å². The van der Waals surface area contributed by atoms with Crippen molar-refractivity contribution < 1.29 is 13.5 Å². The Bertz CT molecular complexity index is 780. The van der Waals surface area contributed by atoms with Crippen molar-refractivity contribution in [2.45, 2.75) is 13.5 Å². The van der Waals surface area contributed by atoms with Crippen LogP contribution in [-0.4, -0.2) is 7.11 Å². The number of aryl methyl sites for hydroxylation is 1. The number of nitrogens with one attached hydrogen (secondary N) is 1. The normalized spacial score (nSPS) is 10.8. The average molecular weight is 285 g/mol. The van der Waals surface area contributed by atoms with Gasteiger partial charge in [0.1, 0.15) is 11.3 Å². The van der Waals surface area contributed by atoms with Crippen LogP contribution >= 0.6 is 0 Å². The molecule has 0 saturated carbocycles. The van der Waals surface area contributed by atoms with Crippen LogP contribution < -0.4 is 10.1 Å². The van der Waals surface area contributed by atoms with E-state index in [1.165, 1.54) is 13.2 Å². The van der Waals surface area contributed by atoms with E-state index in [9.17, 15) is 4.39 Å². The van der Waals surface area contributed by atoms with Crippen LogP contribution in [0.5, 0.6) is 5.75 Å². The highest BCUT2D eigenvalue weighted by Gasteiger charge is 2.10. The molecule has 108 valence electrons. The summed E-state index contributed by atoms with van der Waals surface area (Å²) in [6.07, 6.45) is 0. The molecule has 0 amide bonds. The molecule has 2 aromatic carbocycles. The van der Waals surface area contributed by atoms with Crippen LogP contribution in [0.15, 0.2) is 46.9 Å². The number of rotatable bonds is 4. The van der Waals surface area contributed by atoms with Crippen LogP contribution in [0.25, 0.3) is 11.0 Å². The predicted molar refractivity (Wildman–Crippen MR) is 81.2 cm³/mol. The molecule has 1 N–H and O–H groups in total. The second kappa shape index (κ2) is 5.48. The van der Waals surface area contributed by atoms with Gasteiger partial charge in [-0.1, -0.05) is 18.2 Å². The van der Waals surface area contributed by atoms with Crippen molar-refractivity contribution in [1.29, 1.82) is 0 Å². The van der Waals surface area contributed by atoms with E-state index < -0.39 is 0 Å². The predicted octanol–water partition coefficient (Wildman–Crippen LogP) is 4.50. The zero-order valence-corrected chi connectivity index (χ0v) is 11.9. The van der Waals surface area contributed by atoms with Crippen molar-refractivity contribution in [2.24, 2.45) is 0 Å². The fraction of sp³-hybridized carbons (Fsp3) is 0.176. The highest BCUT2D eigenvalue weighted by Crippen LogP contribution is 2.27. The molecule has 3 nitrogen and oxygen atoms in total. The lowest BCUT2D eigenvalue weighted by Crippen LogP contribution is -2.01. The van der Waals surface area contributed by atoms with Gasteiger partial charge in [-0.15, -0.1) is 0 Å². The summed E-state index contributed by atoms with van der Waals surface area (Å²) < 4.78 is 24.1. The molecule has 1 aromatic heterocycles. The van der Waals surface area contributed by atoms with Crippen LogP contribution in [0.2, 0.25) is 0 Å². The summed E-state index contributed by atoms with van der Waals surface area (Å²) in [4.78, 5) is 0. The second-order valence-corrected chi connectivity index (χ2v) is 4.84. The number of benzene rings is 2. The first kappa shape index (κ1) is 13.5. The van der Waals surface area contributed by atoms with E-state index in [2.05, 4.69) is 5.32 Å². The molecule has 0 atom stereocenters. The molecule has 0 aliphatic heterocycles. The number of ether oxygens (including phenoxy) is 1. The first-order valence-electron chi connectivity index (χ1n) is 6.73. The van der Waals surface area contributed by atoms with Crippen LogP contribution in [0, 0.1) is 12.7 Å². The van der Waals surface area contributed by atoms with E-state index in [1.807, 2.05) is 31.2 Å². The van der Waals surface area contributed by atoms with Crippen LogP contribution in [0.1, 0.15) is 11.3 Å². The zero-order chi connectivity index (χ0) is 14.8.